The van der Waals surface area contributed by atoms with Crippen molar-refractivity contribution in [1.82, 2.24) is 13.7 Å². The molecule has 1 saturated heterocycles. The molecule has 0 aliphatic carbocycles. The molecule has 1 aliphatic rings. The highest BCUT2D eigenvalue weighted by Gasteiger charge is 2.25. The first-order valence-corrected chi connectivity index (χ1v) is 14.2. The van der Waals surface area contributed by atoms with E-state index in [0.29, 0.717) is 32.5 Å². The van der Waals surface area contributed by atoms with E-state index in [9.17, 15) is 8.42 Å². The summed E-state index contributed by atoms with van der Waals surface area (Å²) in [5.41, 5.74) is 2.32. The summed E-state index contributed by atoms with van der Waals surface area (Å²) >= 11 is 1.39. The average molecular weight is 501 g/mol. The number of aromatic nitrogens is 2. The SMILES string of the molecule is CCCCS(=O)(=O)N1CCCN(c2nc(Cc3ccc(Oc4ccc(C)cc4)cc3)ns2)CC1. The van der Waals surface area contributed by atoms with Crippen molar-refractivity contribution in [2.24, 2.45) is 0 Å². The van der Waals surface area contributed by atoms with Gasteiger partial charge in [0.1, 0.15) is 17.3 Å². The molecule has 4 rings (SSSR count). The Balaban J connectivity index is 1.33. The highest BCUT2D eigenvalue weighted by Crippen LogP contribution is 2.24. The van der Waals surface area contributed by atoms with Crippen LogP contribution < -0.4 is 9.64 Å². The molecule has 7 nitrogen and oxygen atoms in total. The van der Waals surface area contributed by atoms with Gasteiger partial charge in [-0.15, -0.1) is 0 Å². The zero-order valence-electron chi connectivity index (χ0n) is 19.8. The number of anilines is 1. The van der Waals surface area contributed by atoms with Crippen LogP contribution in [0.1, 0.15) is 43.1 Å². The van der Waals surface area contributed by atoms with E-state index in [1.165, 1.54) is 17.1 Å². The second-order valence-corrected chi connectivity index (χ2v) is 11.5. The van der Waals surface area contributed by atoms with Crippen molar-refractivity contribution < 1.29 is 13.2 Å². The molecule has 0 atom stereocenters. The van der Waals surface area contributed by atoms with Gasteiger partial charge in [-0.3, -0.25) is 0 Å². The molecule has 0 bridgehead atoms. The smallest absolute Gasteiger partial charge is 0.214 e. The van der Waals surface area contributed by atoms with Crippen LogP contribution in [0, 0.1) is 6.92 Å². The Kier molecular flexibility index (Phi) is 8.18. The molecule has 9 heteroatoms. The van der Waals surface area contributed by atoms with Gasteiger partial charge in [0.25, 0.3) is 0 Å². The largest absolute Gasteiger partial charge is 0.457 e. The molecule has 2 heterocycles. The number of aryl methyl sites for hydroxylation is 1. The molecule has 182 valence electrons. The Morgan fingerprint density at radius 2 is 1.68 bits per heavy atom. The molecular formula is C25H32N4O3S2. The van der Waals surface area contributed by atoms with E-state index in [1.807, 2.05) is 55.5 Å². The first-order chi connectivity index (χ1) is 16.4. The van der Waals surface area contributed by atoms with Crippen molar-refractivity contribution in [2.45, 2.75) is 39.5 Å². The highest BCUT2D eigenvalue weighted by molar-refractivity contribution is 7.89. The van der Waals surface area contributed by atoms with Gasteiger partial charge >= 0.3 is 0 Å². The molecule has 1 fully saturated rings. The lowest BCUT2D eigenvalue weighted by Gasteiger charge is -2.21. The minimum absolute atomic E-state index is 0.237. The van der Waals surface area contributed by atoms with Gasteiger partial charge in [-0.2, -0.15) is 4.37 Å². The second-order valence-electron chi connectivity index (χ2n) is 8.64. The van der Waals surface area contributed by atoms with Gasteiger partial charge in [0.05, 0.1) is 5.75 Å². The maximum Gasteiger partial charge on any atom is 0.214 e. The Labute approximate surface area is 206 Å². The Bertz CT molecular complexity index is 1160. The average Bonchev–Trinajstić information content (AvgIpc) is 3.14. The minimum atomic E-state index is -3.17. The number of hydrogen-bond donors (Lipinski definition) is 0. The van der Waals surface area contributed by atoms with Crippen LogP contribution in [0.3, 0.4) is 0 Å². The van der Waals surface area contributed by atoms with E-state index in [4.69, 9.17) is 9.72 Å². The number of ether oxygens (including phenoxy) is 1. The summed E-state index contributed by atoms with van der Waals surface area (Å²) in [6, 6.07) is 16.0. The minimum Gasteiger partial charge on any atom is -0.457 e. The van der Waals surface area contributed by atoms with Crippen molar-refractivity contribution in [3.05, 3.63) is 65.5 Å². The maximum atomic E-state index is 12.6. The molecule has 0 unspecified atom stereocenters. The highest BCUT2D eigenvalue weighted by atomic mass is 32.2. The van der Waals surface area contributed by atoms with Crippen LogP contribution in [0.15, 0.2) is 48.5 Å². The van der Waals surface area contributed by atoms with Crippen molar-refractivity contribution in [2.75, 3.05) is 36.8 Å². The van der Waals surface area contributed by atoms with Gasteiger partial charge < -0.3 is 9.64 Å². The van der Waals surface area contributed by atoms with E-state index in [-0.39, 0.29) is 5.75 Å². The third-order valence-corrected chi connectivity index (χ3v) is 8.65. The predicted octanol–water partition coefficient (Wildman–Crippen LogP) is 4.87. The fourth-order valence-corrected chi connectivity index (χ4v) is 6.28. The van der Waals surface area contributed by atoms with Crippen molar-refractivity contribution >= 4 is 26.7 Å². The lowest BCUT2D eigenvalue weighted by Crippen LogP contribution is -2.36. The molecule has 1 aromatic heterocycles. The number of sulfonamides is 1. The monoisotopic (exact) mass is 500 g/mol. The molecule has 3 aromatic rings. The van der Waals surface area contributed by atoms with Gasteiger partial charge in [0.2, 0.25) is 15.2 Å². The lowest BCUT2D eigenvalue weighted by atomic mass is 10.1. The van der Waals surface area contributed by atoms with Crippen LogP contribution in [-0.2, 0) is 16.4 Å². The van der Waals surface area contributed by atoms with Crippen LogP contribution in [0.25, 0.3) is 0 Å². The zero-order valence-corrected chi connectivity index (χ0v) is 21.4. The van der Waals surface area contributed by atoms with E-state index in [1.54, 1.807) is 4.31 Å². The second kappa shape index (κ2) is 11.3. The fourth-order valence-electron chi connectivity index (χ4n) is 3.86. The lowest BCUT2D eigenvalue weighted by molar-refractivity contribution is 0.432. The molecular weight excluding hydrogens is 468 g/mol. The Hall–Kier alpha value is -2.49. The number of benzene rings is 2. The van der Waals surface area contributed by atoms with Crippen LogP contribution in [-0.4, -0.2) is 54.0 Å². The molecule has 0 radical (unpaired) electrons. The maximum absolute atomic E-state index is 12.6. The van der Waals surface area contributed by atoms with Crippen LogP contribution in [0.2, 0.25) is 0 Å². The third-order valence-electron chi connectivity index (χ3n) is 5.87. The fraction of sp³-hybridized carbons (Fsp3) is 0.440. The van der Waals surface area contributed by atoms with E-state index < -0.39 is 10.0 Å². The van der Waals surface area contributed by atoms with Crippen molar-refractivity contribution in [1.29, 1.82) is 0 Å². The molecule has 0 saturated carbocycles. The summed E-state index contributed by atoms with van der Waals surface area (Å²) in [7, 11) is -3.17. The Morgan fingerprint density at radius 3 is 2.38 bits per heavy atom. The predicted molar refractivity (Wildman–Crippen MR) is 138 cm³/mol. The zero-order chi connectivity index (χ0) is 24.0. The summed E-state index contributed by atoms with van der Waals surface area (Å²) in [5.74, 6) is 2.63. The topological polar surface area (TPSA) is 75.6 Å². The first-order valence-electron chi connectivity index (χ1n) is 11.8. The summed E-state index contributed by atoms with van der Waals surface area (Å²) in [4.78, 5) is 6.90. The Morgan fingerprint density at radius 1 is 0.971 bits per heavy atom. The van der Waals surface area contributed by atoms with Crippen molar-refractivity contribution in [3.8, 4) is 11.5 Å². The van der Waals surface area contributed by atoms with Gasteiger partial charge in [0, 0.05) is 44.1 Å². The molecule has 2 aromatic carbocycles. The number of nitrogens with zero attached hydrogens (tertiary/aromatic N) is 4. The summed E-state index contributed by atoms with van der Waals surface area (Å²) < 4.78 is 37.2. The van der Waals surface area contributed by atoms with Gasteiger partial charge in [-0.05, 0) is 49.6 Å². The third kappa shape index (κ3) is 6.55. The molecule has 34 heavy (non-hydrogen) atoms. The summed E-state index contributed by atoms with van der Waals surface area (Å²) in [6.45, 7) is 6.58. The van der Waals surface area contributed by atoms with Crippen LogP contribution in [0.4, 0.5) is 5.13 Å². The van der Waals surface area contributed by atoms with Gasteiger partial charge in [-0.1, -0.05) is 43.2 Å². The standard InChI is InChI=1S/C25H32N4O3S2/c1-3-4-18-34(30,31)29-15-5-14-28(16-17-29)25-26-24(27-33-25)19-21-8-12-23(13-9-21)32-22-10-6-20(2)7-11-22/h6-13H,3-5,14-19H2,1-2H3. The first kappa shape index (κ1) is 24.6. The normalized spacial score (nSPS) is 15.3. The summed E-state index contributed by atoms with van der Waals surface area (Å²) in [5, 5.41) is 0.863. The van der Waals surface area contributed by atoms with E-state index >= 15 is 0 Å². The van der Waals surface area contributed by atoms with E-state index in [0.717, 1.165) is 47.4 Å². The summed E-state index contributed by atoms with van der Waals surface area (Å²) in [6.07, 6.45) is 3.03. The quantitative estimate of drug-likeness (QED) is 0.417. The number of rotatable bonds is 9. The number of unbranched alkanes of at least 4 members (excludes halogenated alkanes) is 1. The molecule has 1 aliphatic heterocycles. The molecule has 0 spiro atoms. The van der Waals surface area contributed by atoms with Gasteiger partial charge in [0.15, 0.2) is 0 Å². The van der Waals surface area contributed by atoms with Gasteiger partial charge in [-0.25, -0.2) is 17.7 Å². The molecule has 0 N–H and O–H groups in total. The molecule has 0 amide bonds. The van der Waals surface area contributed by atoms with Crippen molar-refractivity contribution in [3.63, 3.8) is 0 Å². The van der Waals surface area contributed by atoms with E-state index in [2.05, 4.69) is 16.2 Å². The number of hydrogen-bond acceptors (Lipinski definition) is 7. The van der Waals surface area contributed by atoms with Crippen LogP contribution in [0.5, 0.6) is 11.5 Å². The van der Waals surface area contributed by atoms with Crippen LogP contribution >= 0.6 is 11.5 Å².